The molecule has 0 spiro atoms. The van der Waals surface area contributed by atoms with Crippen molar-refractivity contribution in [1.29, 1.82) is 0 Å². The van der Waals surface area contributed by atoms with E-state index in [-0.39, 0.29) is 12.0 Å². The molecule has 1 atom stereocenters. The molecule has 2 aromatic carbocycles. The first-order chi connectivity index (χ1) is 13.1. The van der Waals surface area contributed by atoms with E-state index in [0.29, 0.717) is 17.9 Å². The summed E-state index contributed by atoms with van der Waals surface area (Å²) in [6.07, 6.45) is 3.17. The summed E-state index contributed by atoms with van der Waals surface area (Å²) in [5, 5.41) is 11.2. The van der Waals surface area contributed by atoms with E-state index in [4.69, 9.17) is 11.6 Å². The van der Waals surface area contributed by atoms with E-state index in [9.17, 15) is 9.90 Å². The van der Waals surface area contributed by atoms with Crippen molar-refractivity contribution in [3.63, 3.8) is 0 Å². The number of rotatable bonds is 4. The molecule has 0 radical (unpaired) electrons. The maximum Gasteiger partial charge on any atom is 0.306 e. The van der Waals surface area contributed by atoms with Crippen LogP contribution in [0.5, 0.6) is 0 Å². The molecule has 1 aliphatic heterocycles. The predicted octanol–water partition coefficient (Wildman–Crippen LogP) is 4.77. The van der Waals surface area contributed by atoms with Crippen LogP contribution in [0.25, 0.3) is 10.9 Å². The minimum atomic E-state index is -0.691. The largest absolute Gasteiger partial charge is 0.481 e. The lowest BCUT2D eigenvalue weighted by atomic mass is 9.90. The number of benzene rings is 2. The van der Waals surface area contributed by atoms with Crippen molar-refractivity contribution < 1.29 is 9.90 Å². The number of para-hydroxylation sites is 1. The molecule has 5 heteroatoms. The van der Waals surface area contributed by atoms with Gasteiger partial charge >= 0.3 is 5.97 Å². The molecule has 0 bridgehead atoms. The summed E-state index contributed by atoms with van der Waals surface area (Å²) in [4.78, 5) is 18.2. The van der Waals surface area contributed by atoms with Crippen molar-refractivity contribution in [3.05, 3.63) is 76.9 Å². The second-order valence-corrected chi connectivity index (χ2v) is 7.46. The highest BCUT2D eigenvalue weighted by Crippen LogP contribution is 2.36. The summed E-state index contributed by atoms with van der Waals surface area (Å²) in [5.41, 5.74) is 3.26. The third kappa shape index (κ3) is 3.68. The summed E-state index contributed by atoms with van der Waals surface area (Å²) < 4.78 is 0. The van der Waals surface area contributed by atoms with Gasteiger partial charge in [0.2, 0.25) is 0 Å². The van der Waals surface area contributed by atoms with Gasteiger partial charge in [-0.2, -0.15) is 0 Å². The average molecular weight is 381 g/mol. The molecule has 1 saturated heterocycles. The van der Waals surface area contributed by atoms with Crippen LogP contribution in [-0.4, -0.2) is 34.0 Å². The molecule has 0 aliphatic carbocycles. The van der Waals surface area contributed by atoms with Crippen LogP contribution < -0.4 is 0 Å². The molecule has 1 fully saturated rings. The first-order valence-corrected chi connectivity index (χ1v) is 9.57. The Kier molecular flexibility index (Phi) is 5.10. The Morgan fingerprint density at radius 3 is 2.63 bits per heavy atom. The predicted molar refractivity (Wildman–Crippen MR) is 107 cm³/mol. The van der Waals surface area contributed by atoms with Gasteiger partial charge in [-0.1, -0.05) is 41.9 Å². The van der Waals surface area contributed by atoms with Gasteiger partial charge < -0.3 is 5.11 Å². The normalized spacial score (nSPS) is 17.1. The monoisotopic (exact) mass is 380 g/mol. The molecule has 27 heavy (non-hydrogen) atoms. The molecule has 3 aromatic rings. The van der Waals surface area contributed by atoms with Crippen LogP contribution in [-0.2, 0) is 4.79 Å². The van der Waals surface area contributed by atoms with Crippen molar-refractivity contribution in [2.45, 2.75) is 18.9 Å². The number of nitrogens with zero attached hydrogens (tertiary/aromatic N) is 2. The van der Waals surface area contributed by atoms with Crippen LogP contribution >= 0.6 is 11.6 Å². The van der Waals surface area contributed by atoms with Gasteiger partial charge in [-0.3, -0.25) is 14.7 Å². The van der Waals surface area contributed by atoms with E-state index in [1.165, 1.54) is 5.56 Å². The highest BCUT2D eigenvalue weighted by molar-refractivity contribution is 6.30. The Bertz CT molecular complexity index is 962. The topological polar surface area (TPSA) is 53.4 Å². The zero-order valence-corrected chi connectivity index (χ0v) is 15.6. The lowest BCUT2D eigenvalue weighted by molar-refractivity contribution is -0.143. The van der Waals surface area contributed by atoms with Crippen LogP contribution in [0.4, 0.5) is 0 Å². The molecule has 138 valence electrons. The Morgan fingerprint density at radius 2 is 1.89 bits per heavy atom. The number of hydrogen-bond acceptors (Lipinski definition) is 3. The highest BCUT2D eigenvalue weighted by atomic mass is 35.5. The second-order valence-electron chi connectivity index (χ2n) is 7.02. The highest BCUT2D eigenvalue weighted by Gasteiger charge is 2.31. The van der Waals surface area contributed by atoms with Crippen LogP contribution in [0.3, 0.4) is 0 Å². The van der Waals surface area contributed by atoms with Gasteiger partial charge in [0.25, 0.3) is 0 Å². The fraction of sp³-hybridized carbons (Fsp3) is 0.273. The Labute approximate surface area is 163 Å². The standard InChI is InChI=1S/C22H21ClN2O2/c23-17-5-3-4-16(14-17)21(25-12-9-15(10-13-25)22(26)27)19-8-11-24-20-7-2-1-6-18(19)20/h1-8,11,14-15,21H,9-10,12-13H2,(H,26,27). The van der Waals surface area contributed by atoms with Gasteiger partial charge in [-0.25, -0.2) is 0 Å². The maximum atomic E-state index is 11.3. The Morgan fingerprint density at radius 1 is 1.11 bits per heavy atom. The van der Waals surface area contributed by atoms with Gasteiger partial charge in [0.15, 0.2) is 0 Å². The van der Waals surface area contributed by atoms with Crippen LogP contribution in [0.15, 0.2) is 60.8 Å². The summed E-state index contributed by atoms with van der Waals surface area (Å²) in [7, 11) is 0. The number of halogens is 1. The molecule has 1 N–H and O–H groups in total. The number of carbonyl (C=O) groups is 1. The number of likely N-dealkylation sites (tertiary alicyclic amines) is 1. The molecule has 1 aliphatic rings. The van der Waals surface area contributed by atoms with Gasteiger partial charge in [0.1, 0.15) is 0 Å². The van der Waals surface area contributed by atoms with E-state index < -0.39 is 5.97 Å². The molecule has 4 rings (SSSR count). The van der Waals surface area contributed by atoms with Crippen LogP contribution in [0.1, 0.15) is 30.0 Å². The van der Waals surface area contributed by atoms with Crippen molar-refractivity contribution >= 4 is 28.5 Å². The number of aliphatic carboxylic acids is 1. The zero-order valence-electron chi connectivity index (χ0n) is 14.9. The summed E-state index contributed by atoms with van der Waals surface area (Å²) in [6.45, 7) is 1.48. The zero-order chi connectivity index (χ0) is 18.8. The number of fused-ring (bicyclic) bond motifs is 1. The maximum absolute atomic E-state index is 11.3. The number of hydrogen-bond donors (Lipinski definition) is 1. The quantitative estimate of drug-likeness (QED) is 0.708. The molecular weight excluding hydrogens is 360 g/mol. The smallest absolute Gasteiger partial charge is 0.306 e. The first kappa shape index (κ1) is 18.0. The van der Waals surface area contributed by atoms with Gasteiger partial charge in [0, 0.05) is 16.6 Å². The SMILES string of the molecule is O=C(O)C1CCN(C(c2cccc(Cl)c2)c2ccnc3ccccc23)CC1. The molecule has 2 heterocycles. The van der Waals surface area contributed by atoms with E-state index in [1.807, 2.05) is 42.6 Å². The summed E-state index contributed by atoms with van der Waals surface area (Å²) in [5.74, 6) is -0.946. The number of aromatic nitrogens is 1. The summed E-state index contributed by atoms with van der Waals surface area (Å²) >= 11 is 6.29. The van der Waals surface area contributed by atoms with Crippen molar-refractivity contribution in [1.82, 2.24) is 9.88 Å². The lowest BCUT2D eigenvalue weighted by Crippen LogP contribution is -2.39. The Hall–Kier alpha value is -2.43. The van der Waals surface area contributed by atoms with Crippen LogP contribution in [0, 0.1) is 5.92 Å². The van der Waals surface area contributed by atoms with E-state index in [0.717, 1.165) is 29.6 Å². The minimum absolute atomic E-state index is 0.0198. The number of piperidine rings is 1. The van der Waals surface area contributed by atoms with E-state index >= 15 is 0 Å². The lowest BCUT2D eigenvalue weighted by Gasteiger charge is -2.37. The van der Waals surface area contributed by atoms with Crippen molar-refractivity contribution in [2.24, 2.45) is 5.92 Å². The fourth-order valence-corrected chi connectivity index (χ4v) is 4.22. The Balaban J connectivity index is 1.78. The number of pyridine rings is 1. The summed E-state index contributed by atoms with van der Waals surface area (Å²) in [6, 6.07) is 18.2. The van der Waals surface area contributed by atoms with Gasteiger partial charge in [-0.05, 0) is 61.3 Å². The van der Waals surface area contributed by atoms with Crippen LogP contribution in [0.2, 0.25) is 5.02 Å². The second kappa shape index (κ2) is 7.67. The van der Waals surface area contributed by atoms with E-state index in [2.05, 4.69) is 28.1 Å². The third-order valence-electron chi connectivity index (χ3n) is 5.39. The molecule has 1 unspecified atom stereocenters. The average Bonchev–Trinajstić information content (AvgIpc) is 2.69. The van der Waals surface area contributed by atoms with Gasteiger partial charge in [-0.15, -0.1) is 0 Å². The fourth-order valence-electron chi connectivity index (χ4n) is 4.02. The number of carboxylic acid groups (broad SMARTS) is 1. The molecule has 0 amide bonds. The molecule has 4 nitrogen and oxygen atoms in total. The van der Waals surface area contributed by atoms with Crippen molar-refractivity contribution in [2.75, 3.05) is 13.1 Å². The van der Waals surface area contributed by atoms with Crippen molar-refractivity contribution in [3.8, 4) is 0 Å². The first-order valence-electron chi connectivity index (χ1n) is 9.19. The van der Waals surface area contributed by atoms with E-state index in [1.54, 1.807) is 0 Å². The van der Waals surface area contributed by atoms with Gasteiger partial charge in [0.05, 0.1) is 17.5 Å². The number of carboxylic acids is 1. The molecule has 0 saturated carbocycles. The minimum Gasteiger partial charge on any atom is -0.481 e. The molecular formula is C22H21ClN2O2. The third-order valence-corrected chi connectivity index (χ3v) is 5.62. The molecule has 1 aromatic heterocycles.